The molecule has 1 amide bonds. The molecule has 2 N–H and O–H groups in total. The van der Waals surface area contributed by atoms with Gasteiger partial charge in [-0.2, -0.15) is 0 Å². The molecule has 2 rings (SSSR count). The van der Waals surface area contributed by atoms with E-state index in [1.807, 2.05) is 0 Å². The highest BCUT2D eigenvalue weighted by molar-refractivity contribution is 6.00. The van der Waals surface area contributed by atoms with E-state index in [9.17, 15) is 34.7 Å². The van der Waals surface area contributed by atoms with Gasteiger partial charge in [-0.05, 0) is 30.2 Å². The average molecular weight is 657 g/mol. The van der Waals surface area contributed by atoms with Gasteiger partial charge in [0.15, 0.2) is 0 Å². The Bertz CT molecular complexity index is 1230. The molecule has 11 heteroatoms. The number of nitro benzene ring substituents is 1. The minimum absolute atomic E-state index is 0.0667. The molecule has 0 bridgehead atoms. The van der Waals surface area contributed by atoms with E-state index in [2.05, 4.69) is 6.92 Å². The topological polar surface area (TPSA) is 157 Å². The number of unbranched alkanes of at least 4 members (excludes halogenated alkanes) is 15. The second-order valence-electron chi connectivity index (χ2n) is 12.0. The van der Waals surface area contributed by atoms with Crippen molar-refractivity contribution < 1.29 is 39.0 Å². The third-order valence-corrected chi connectivity index (χ3v) is 7.90. The highest BCUT2D eigenvalue weighted by Gasteiger charge is 2.25. The van der Waals surface area contributed by atoms with E-state index in [1.54, 1.807) is 12.1 Å². The molecule has 0 aliphatic heterocycles. The Morgan fingerprint density at radius 2 is 1.26 bits per heavy atom. The van der Waals surface area contributed by atoms with Gasteiger partial charge in [0.1, 0.15) is 31.2 Å². The average Bonchev–Trinajstić information content (AvgIpc) is 3.04. The largest absolute Gasteiger partial charge is 0.494 e. The fourth-order valence-electron chi connectivity index (χ4n) is 5.35. The molecule has 0 aliphatic rings. The number of ether oxygens (including phenoxy) is 2. The zero-order chi connectivity index (χ0) is 34.3. The quantitative estimate of drug-likeness (QED) is 0.0547. The van der Waals surface area contributed by atoms with Crippen molar-refractivity contribution in [1.82, 2.24) is 4.90 Å². The van der Waals surface area contributed by atoms with E-state index in [0.717, 1.165) is 19.3 Å². The van der Waals surface area contributed by atoms with Crippen molar-refractivity contribution in [2.75, 3.05) is 19.7 Å². The second kappa shape index (κ2) is 23.2. The Morgan fingerprint density at radius 1 is 0.723 bits per heavy atom. The predicted molar refractivity (Wildman–Crippen MR) is 180 cm³/mol. The monoisotopic (exact) mass is 656 g/mol. The maximum atomic E-state index is 13.4. The number of carboxylic acids is 2. The van der Waals surface area contributed by atoms with Crippen LogP contribution in [0.15, 0.2) is 42.5 Å². The van der Waals surface area contributed by atoms with Crippen LogP contribution in [0.1, 0.15) is 126 Å². The summed E-state index contributed by atoms with van der Waals surface area (Å²) in [5.41, 5.74) is 0.297. The minimum atomic E-state index is -1.37. The van der Waals surface area contributed by atoms with Crippen LogP contribution in [0, 0.1) is 10.1 Å². The Kier molecular flexibility index (Phi) is 19.3. The number of carbonyl (C=O) groups is 3. The molecule has 0 fully saturated rings. The van der Waals surface area contributed by atoms with Crippen molar-refractivity contribution in [3.63, 3.8) is 0 Å². The molecule has 0 radical (unpaired) electrons. The SMILES string of the molecule is CCCCCCCCCCCCCCCCCCOc1ccc(OCc2cccc([N+](=O)[O-])c2)c(C(=O)N(CC(=O)O)CC(=O)O)c1. The maximum absolute atomic E-state index is 13.4. The molecule has 0 unspecified atom stereocenters. The number of benzene rings is 2. The Hall–Kier alpha value is -4.15. The maximum Gasteiger partial charge on any atom is 0.323 e. The summed E-state index contributed by atoms with van der Waals surface area (Å²) < 4.78 is 11.7. The molecule has 0 saturated heterocycles. The number of hydrogen-bond donors (Lipinski definition) is 2. The molecular formula is C36H52N2O9. The Labute approximate surface area is 278 Å². The van der Waals surface area contributed by atoms with Gasteiger partial charge in [-0.1, -0.05) is 115 Å². The van der Waals surface area contributed by atoms with Gasteiger partial charge in [-0.3, -0.25) is 24.5 Å². The van der Waals surface area contributed by atoms with Crippen molar-refractivity contribution in [3.05, 3.63) is 63.7 Å². The number of nitrogens with zero attached hydrogens (tertiary/aromatic N) is 2. The van der Waals surface area contributed by atoms with Crippen molar-refractivity contribution >= 4 is 23.5 Å². The first-order valence-electron chi connectivity index (χ1n) is 17.1. The number of carboxylic acid groups (broad SMARTS) is 2. The molecule has 0 heterocycles. The highest BCUT2D eigenvalue weighted by Crippen LogP contribution is 2.28. The summed E-state index contributed by atoms with van der Waals surface area (Å²) >= 11 is 0. The first kappa shape index (κ1) is 39.0. The summed E-state index contributed by atoms with van der Waals surface area (Å²) in [5.74, 6) is -3.15. The molecule has 0 spiro atoms. The summed E-state index contributed by atoms with van der Waals surface area (Å²) in [6, 6.07) is 10.4. The van der Waals surface area contributed by atoms with E-state index in [0.29, 0.717) is 22.8 Å². The van der Waals surface area contributed by atoms with Gasteiger partial charge in [0, 0.05) is 12.1 Å². The first-order chi connectivity index (χ1) is 22.7. The third kappa shape index (κ3) is 16.8. The number of nitro groups is 1. The van der Waals surface area contributed by atoms with Crippen LogP contribution < -0.4 is 9.47 Å². The second-order valence-corrected chi connectivity index (χ2v) is 12.0. The van der Waals surface area contributed by atoms with Crippen molar-refractivity contribution in [2.24, 2.45) is 0 Å². The predicted octanol–water partition coefficient (Wildman–Crippen LogP) is 8.43. The van der Waals surface area contributed by atoms with Crippen LogP contribution in [0.3, 0.4) is 0 Å². The van der Waals surface area contributed by atoms with Crippen LogP contribution >= 0.6 is 0 Å². The number of carbonyl (C=O) groups excluding carboxylic acids is 1. The molecule has 0 aromatic heterocycles. The van der Waals surface area contributed by atoms with Crippen LogP contribution in [0.25, 0.3) is 0 Å². The van der Waals surface area contributed by atoms with Crippen molar-refractivity contribution in [2.45, 2.75) is 116 Å². The normalized spacial score (nSPS) is 10.8. The molecule has 47 heavy (non-hydrogen) atoms. The Balaban J connectivity index is 1.84. The van der Waals surface area contributed by atoms with Gasteiger partial charge < -0.3 is 24.6 Å². The summed E-state index contributed by atoms with van der Waals surface area (Å²) in [5, 5.41) is 29.6. The van der Waals surface area contributed by atoms with Crippen molar-refractivity contribution in [1.29, 1.82) is 0 Å². The van der Waals surface area contributed by atoms with Crippen LogP contribution in [-0.4, -0.2) is 57.6 Å². The van der Waals surface area contributed by atoms with E-state index in [-0.39, 0.29) is 23.6 Å². The smallest absolute Gasteiger partial charge is 0.323 e. The molecule has 0 aliphatic carbocycles. The summed E-state index contributed by atoms with van der Waals surface area (Å²) in [6.45, 7) is 0.925. The van der Waals surface area contributed by atoms with Crippen molar-refractivity contribution in [3.8, 4) is 11.5 Å². The van der Waals surface area contributed by atoms with Crippen LogP contribution in [0.2, 0.25) is 0 Å². The van der Waals surface area contributed by atoms with Crippen LogP contribution in [0.4, 0.5) is 5.69 Å². The summed E-state index contributed by atoms with van der Waals surface area (Å²) in [7, 11) is 0. The van der Waals surface area contributed by atoms with Gasteiger partial charge >= 0.3 is 11.9 Å². The van der Waals surface area contributed by atoms with Crippen LogP contribution in [-0.2, 0) is 16.2 Å². The number of rotatable bonds is 27. The van der Waals surface area contributed by atoms with E-state index in [4.69, 9.17) is 9.47 Å². The number of amides is 1. The molecule has 260 valence electrons. The first-order valence-corrected chi connectivity index (χ1v) is 17.1. The van der Waals surface area contributed by atoms with Gasteiger partial charge in [0.05, 0.1) is 17.1 Å². The molecule has 0 atom stereocenters. The van der Waals surface area contributed by atoms with Gasteiger partial charge in [0.2, 0.25) is 0 Å². The molecule has 2 aromatic carbocycles. The molecule has 2 aromatic rings. The number of aliphatic carboxylic acids is 2. The number of non-ortho nitro benzene ring substituents is 1. The third-order valence-electron chi connectivity index (χ3n) is 7.90. The van der Waals surface area contributed by atoms with Crippen LogP contribution in [0.5, 0.6) is 11.5 Å². The van der Waals surface area contributed by atoms with E-state index < -0.39 is 35.9 Å². The lowest BCUT2D eigenvalue weighted by Gasteiger charge is -2.21. The zero-order valence-corrected chi connectivity index (χ0v) is 27.8. The molecule has 0 saturated carbocycles. The summed E-state index contributed by atoms with van der Waals surface area (Å²) in [6.07, 6.45) is 20.2. The van der Waals surface area contributed by atoms with Gasteiger partial charge in [0.25, 0.3) is 11.6 Å². The fraction of sp³-hybridized carbons (Fsp3) is 0.583. The zero-order valence-electron chi connectivity index (χ0n) is 27.8. The molecular weight excluding hydrogens is 604 g/mol. The molecule has 11 nitrogen and oxygen atoms in total. The minimum Gasteiger partial charge on any atom is -0.494 e. The lowest BCUT2D eigenvalue weighted by molar-refractivity contribution is -0.384. The van der Waals surface area contributed by atoms with Gasteiger partial charge in [-0.25, -0.2) is 0 Å². The lowest BCUT2D eigenvalue weighted by atomic mass is 10.0. The highest BCUT2D eigenvalue weighted by atomic mass is 16.6. The number of hydrogen-bond acceptors (Lipinski definition) is 7. The standard InChI is InChI=1S/C36H52N2O9/c1-2-3-4-5-6-7-8-9-10-11-12-13-14-15-16-17-23-46-31-21-22-33(47-28-29-19-18-20-30(24-29)38(44)45)32(25-31)36(43)37(26-34(39)40)27-35(41)42/h18-22,24-25H,2-17,23,26-28H2,1H3,(H,39,40)(H,41,42). The Morgan fingerprint density at radius 3 is 1.77 bits per heavy atom. The fourth-order valence-corrected chi connectivity index (χ4v) is 5.35. The van der Waals surface area contributed by atoms with E-state index >= 15 is 0 Å². The lowest BCUT2D eigenvalue weighted by Crippen LogP contribution is -2.39. The summed E-state index contributed by atoms with van der Waals surface area (Å²) in [4.78, 5) is 47.4. The van der Waals surface area contributed by atoms with Gasteiger partial charge in [-0.15, -0.1) is 0 Å². The van der Waals surface area contributed by atoms with E-state index in [1.165, 1.54) is 114 Å².